The number of halogens is 2. The molecule has 3 nitrogen and oxygen atoms in total. The van der Waals surface area contributed by atoms with Crippen LogP contribution in [0.4, 0.5) is 4.39 Å². The average Bonchev–Trinajstić information content (AvgIpc) is 3.16. The van der Waals surface area contributed by atoms with E-state index in [1.54, 1.807) is 12.1 Å². The number of amides is 1. The minimum absolute atomic E-state index is 0. The number of carbonyl (C=O) groups is 1. The van der Waals surface area contributed by atoms with Gasteiger partial charge in [-0.1, -0.05) is 12.1 Å². The van der Waals surface area contributed by atoms with Crippen LogP contribution in [-0.4, -0.2) is 30.4 Å². The van der Waals surface area contributed by atoms with Crippen LogP contribution in [0, 0.1) is 11.7 Å². The van der Waals surface area contributed by atoms with E-state index in [1.807, 2.05) is 18.7 Å². The molecule has 0 heterocycles. The van der Waals surface area contributed by atoms with E-state index < -0.39 is 5.41 Å². The third-order valence-corrected chi connectivity index (χ3v) is 4.18. The molecule has 0 aromatic heterocycles. The van der Waals surface area contributed by atoms with Gasteiger partial charge < -0.3 is 10.6 Å². The summed E-state index contributed by atoms with van der Waals surface area (Å²) in [5.74, 6) is 0.0183. The minimum atomic E-state index is -0.519. The largest absolute Gasteiger partial charge is 0.342 e. The van der Waals surface area contributed by atoms with Gasteiger partial charge in [-0.2, -0.15) is 0 Å². The Morgan fingerprint density at radius 3 is 2.30 bits per heavy atom. The zero-order valence-electron chi connectivity index (χ0n) is 11.9. The SMILES string of the molecule is CCN(CC)C(=O)[C@@]1(c2ccc(F)cc2)C[C@H]1CN.Cl. The molecule has 0 aliphatic heterocycles. The van der Waals surface area contributed by atoms with Crippen molar-refractivity contribution in [3.63, 3.8) is 0 Å². The van der Waals surface area contributed by atoms with Crippen LogP contribution in [0.25, 0.3) is 0 Å². The molecule has 0 bridgehead atoms. The van der Waals surface area contributed by atoms with E-state index in [4.69, 9.17) is 5.73 Å². The molecule has 1 fully saturated rings. The fourth-order valence-corrected chi connectivity index (χ4v) is 2.89. The van der Waals surface area contributed by atoms with Crippen molar-refractivity contribution in [2.45, 2.75) is 25.7 Å². The maximum atomic E-state index is 13.0. The van der Waals surface area contributed by atoms with Crippen molar-refractivity contribution >= 4 is 18.3 Å². The molecule has 0 radical (unpaired) electrons. The van der Waals surface area contributed by atoms with Crippen LogP contribution in [0.1, 0.15) is 25.8 Å². The van der Waals surface area contributed by atoms with E-state index in [1.165, 1.54) is 12.1 Å². The van der Waals surface area contributed by atoms with E-state index >= 15 is 0 Å². The maximum Gasteiger partial charge on any atom is 0.233 e. The molecule has 1 amide bonds. The van der Waals surface area contributed by atoms with Crippen molar-refractivity contribution in [2.75, 3.05) is 19.6 Å². The number of hydrogen-bond acceptors (Lipinski definition) is 2. The lowest BCUT2D eigenvalue weighted by Gasteiger charge is -2.26. The molecule has 0 saturated heterocycles. The van der Waals surface area contributed by atoms with Crippen LogP contribution >= 0.6 is 12.4 Å². The fourth-order valence-electron chi connectivity index (χ4n) is 2.89. The fraction of sp³-hybridized carbons (Fsp3) is 0.533. The van der Waals surface area contributed by atoms with E-state index in [0.29, 0.717) is 19.6 Å². The van der Waals surface area contributed by atoms with Crippen LogP contribution in [0.3, 0.4) is 0 Å². The lowest BCUT2D eigenvalue weighted by molar-refractivity contribution is -0.134. The van der Waals surface area contributed by atoms with Crippen molar-refractivity contribution in [3.05, 3.63) is 35.6 Å². The van der Waals surface area contributed by atoms with Crippen molar-refractivity contribution in [1.29, 1.82) is 0 Å². The van der Waals surface area contributed by atoms with E-state index in [2.05, 4.69) is 0 Å². The molecule has 20 heavy (non-hydrogen) atoms. The Bertz CT molecular complexity index is 461. The van der Waals surface area contributed by atoms with Gasteiger partial charge in [0.15, 0.2) is 0 Å². The summed E-state index contributed by atoms with van der Waals surface area (Å²) in [5, 5.41) is 0. The second-order valence-corrected chi connectivity index (χ2v) is 5.09. The molecule has 2 atom stereocenters. The average molecular weight is 301 g/mol. The smallest absolute Gasteiger partial charge is 0.233 e. The number of nitrogens with zero attached hydrogens (tertiary/aromatic N) is 1. The zero-order chi connectivity index (χ0) is 14.0. The highest BCUT2D eigenvalue weighted by molar-refractivity contribution is 5.92. The lowest BCUT2D eigenvalue weighted by atomic mass is 9.91. The van der Waals surface area contributed by atoms with Gasteiger partial charge in [0, 0.05) is 13.1 Å². The molecule has 112 valence electrons. The third kappa shape index (κ3) is 2.67. The summed E-state index contributed by atoms with van der Waals surface area (Å²) in [6, 6.07) is 6.26. The summed E-state index contributed by atoms with van der Waals surface area (Å²) >= 11 is 0. The highest BCUT2D eigenvalue weighted by Gasteiger charge is 2.61. The molecule has 1 aromatic rings. The molecule has 1 aliphatic carbocycles. The minimum Gasteiger partial charge on any atom is -0.342 e. The second kappa shape index (κ2) is 6.55. The first kappa shape index (κ1) is 16.9. The van der Waals surface area contributed by atoms with Gasteiger partial charge in [-0.15, -0.1) is 12.4 Å². The third-order valence-electron chi connectivity index (χ3n) is 4.18. The summed E-state index contributed by atoms with van der Waals surface area (Å²) in [4.78, 5) is 14.6. The van der Waals surface area contributed by atoms with Crippen molar-refractivity contribution in [2.24, 2.45) is 11.7 Å². The number of carbonyl (C=O) groups excluding carboxylic acids is 1. The van der Waals surface area contributed by atoms with Crippen LogP contribution < -0.4 is 5.73 Å². The van der Waals surface area contributed by atoms with Gasteiger partial charge in [0.25, 0.3) is 0 Å². The van der Waals surface area contributed by atoms with Crippen LogP contribution in [0.15, 0.2) is 24.3 Å². The monoisotopic (exact) mass is 300 g/mol. The molecule has 2 N–H and O–H groups in total. The van der Waals surface area contributed by atoms with Crippen LogP contribution in [0.2, 0.25) is 0 Å². The first-order valence-corrected chi connectivity index (χ1v) is 6.85. The molecule has 2 rings (SSSR count). The number of likely N-dealkylation sites (N-methyl/N-ethyl adjacent to an activating group) is 1. The second-order valence-electron chi connectivity index (χ2n) is 5.09. The Labute approximate surface area is 125 Å². The van der Waals surface area contributed by atoms with Gasteiger partial charge in [0.05, 0.1) is 5.41 Å². The van der Waals surface area contributed by atoms with Crippen LogP contribution in [0.5, 0.6) is 0 Å². The highest BCUT2D eigenvalue weighted by Crippen LogP contribution is 2.54. The maximum absolute atomic E-state index is 13.0. The Hall–Kier alpha value is -1.13. The van der Waals surface area contributed by atoms with Gasteiger partial charge >= 0.3 is 0 Å². The number of hydrogen-bond donors (Lipinski definition) is 1. The van der Waals surface area contributed by atoms with Crippen molar-refractivity contribution in [3.8, 4) is 0 Å². The van der Waals surface area contributed by atoms with E-state index in [0.717, 1.165) is 12.0 Å². The highest BCUT2D eigenvalue weighted by atomic mass is 35.5. The van der Waals surface area contributed by atoms with Gasteiger partial charge in [0.1, 0.15) is 5.82 Å². The predicted octanol–water partition coefficient (Wildman–Crippen LogP) is 2.33. The molecular weight excluding hydrogens is 279 g/mol. The summed E-state index contributed by atoms with van der Waals surface area (Å²) in [6.45, 7) is 5.81. The predicted molar refractivity (Wildman–Crippen MR) is 80.4 cm³/mol. The molecule has 1 aliphatic rings. The van der Waals surface area contributed by atoms with Gasteiger partial charge in [0.2, 0.25) is 5.91 Å². The zero-order valence-corrected chi connectivity index (χ0v) is 12.8. The number of benzene rings is 1. The van der Waals surface area contributed by atoms with Gasteiger partial charge in [-0.3, -0.25) is 4.79 Å². The Morgan fingerprint density at radius 2 is 1.90 bits per heavy atom. The van der Waals surface area contributed by atoms with Gasteiger partial charge in [-0.25, -0.2) is 4.39 Å². The van der Waals surface area contributed by atoms with E-state index in [-0.39, 0.29) is 30.0 Å². The Morgan fingerprint density at radius 1 is 1.35 bits per heavy atom. The first-order chi connectivity index (χ1) is 9.09. The topological polar surface area (TPSA) is 46.3 Å². The molecule has 0 unspecified atom stereocenters. The molecule has 1 saturated carbocycles. The van der Waals surface area contributed by atoms with Gasteiger partial charge in [-0.05, 0) is 50.4 Å². The summed E-state index contributed by atoms with van der Waals surface area (Å²) in [7, 11) is 0. The molecule has 5 heteroatoms. The molecule has 1 aromatic carbocycles. The number of rotatable bonds is 5. The van der Waals surface area contributed by atoms with Crippen molar-refractivity contribution < 1.29 is 9.18 Å². The van der Waals surface area contributed by atoms with Crippen molar-refractivity contribution in [1.82, 2.24) is 4.90 Å². The summed E-state index contributed by atoms with van der Waals surface area (Å²) < 4.78 is 13.0. The standard InChI is InChI=1S/C15H21FN2O.ClH/c1-3-18(4-2)14(19)15(9-12(15)10-17)11-5-7-13(16)8-6-11;/h5-8,12H,3-4,9-10,17H2,1-2H3;1H/t12-,15+;/m0./s1. The molecule has 0 spiro atoms. The quantitative estimate of drug-likeness (QED) is 0.907. The van der Waals surface area contributed by atoms with Crippen LogP contribution in [-0.2, 0) is 10.2 Å². The first-order valence-electron chi connectivity index (χ1n) is 6.85. The Balaban J connectivity index is 0.00000200. The molecular formula is C15H22ClFN2O. The summed E-state index contributed by atoms with van der Waals surface area (Å²) in [5.41, 5.74) is 6.12. The number of nitrogens with two attached hydrogens (primary N) is 1. The Kier molecular flexibility index (Phi) is 5.54. The summed E-state index contributed by atoms with van der Waals surface area (Å²) in [6.07, 6.45) is 0.768. The lowest BCUT2D eigenvalue weighted by Crippen LogP contribution is -2.40. The van der Waals surface area contributed by atoms with E-state index in [9.17, 15) is 9.18 Å². The normalized spacial score (nSPS) is 23.9.